The Labute approximate surface area is 233 Å². The van der Waals surface area contributed by atoms with Crippen LogP contribution in [-0.2, 0) is 13.6 Å². The summed E-state index contributed by atoms with van der Waals surface area (Å²) >= 11 is 0. The van der Waals surface area contributed by atoms with Crippen LogP contribution >= 0.6 is 0 Å². The molecule has 0 saturated heterocycles. The first-order valence-corrected chi connectivity index (χ1v) is 13.0. The number of anilines is 1. The Balaban J connectivity index is 1.71. The average molecular weight is 544 g/mol. The summed E-state index contributed by atoms with van der Waals surface area (Å²) in [7, 11) is 4.94. The number of aromatic nitrogens is 1. The van der Waals surface area contributed by atoms with Gasteiger partial charge in [-0.05, 0) is 84.6 Å². The minimum absolute atomic E-state index is 0.0144. The lowest BCUT2D eigenvalue weighted by atomic mass is 9.90. The fraction of sp³-hybridized carbons (Fsp3) is 0.250. The van der Waals surface area contributed by atoms with Crippen molar-refractivity contribution < 1.29 is 19.0 Å². The number of hydrogen-bond donors (Lipinski definition) is 2. The Morgan fingerprint density at radius 1 is 1.02 bits per heavy atom. The first-order valence-electron chi connectivity index (χ1n) is 13.0. The van der Waals surface area contributed by atoms with Gasteiger partial charge in [0.05, 0.1) is 13.7 Å². The van der Waals surface area contributed by atoms with Crippen molar-refractivity contribution in [2.45, 2.75) is 20.4 Å². The van der Waals surface area contributed by atoms with Gasteiger partial charge in [0, 0.05) is 37.6 Å². The molecule has 4 rings (SSSR count). The second-order valence-electron chi connectivity index (χ2n) is 9.85. The van der Waals surface area contributed by atoms with E-state index in [1.807, 2.05) is 62.2 Å². The lowest BCUT2D eigenvalue weighted by Gasteiger charge is -2.20. The van der Waals surface area contributed by atoms with Crippen LogP contribution in [-0.4, -0.2) is 47.8 Å². The number of rotatable bonds is 9. The second kappa shape index (κ2) is 12.3. The van der Waals surface area contributed by atoms with E-state index in [1.165, 1.54) is 23.8 Å². The highest BCUT2D eigenvalue weighted by molar-refractivity contribution is 6.05. The summed E-state index contributed by atoms with van der Waals surface area (Å²) in [4.78, 5) is 27.2. The fourth-order valence-corrected chi connectivity index (χ4v) is 4.88. The Kier molecular flexibility index (Phi) is 8.82. The van der Waals surface area contributed by atoms with Crippen LogP contribution in [0.4, 0.5) is 10.1 Å². The van der Waals surface area contributed by atoms with Crippen molar-refractivity contribution >= 4 is 11.6 Å². The van der Waals surface area contributed by atoms with Gasteiger partial charge in [0.25, 0.3) is 11.5 Å². The molecule has 4 aromatic rings. The predicted molar refractivity (Wildman–Crippen MR) is 156 cm³/mol. The molecule has 0 bridgehead atoms. The molecule has 40 heavy (non-hydrogen) atoms. The zero-order chi connectivity index (χ0) is 29.0. The van der Waals surface area contributed by atoms with Gasteiger partial charge in [-0.1, -0.05) is 30.3 Å². The van der Waals surface area contributed by atoms with Gasteiger partial charge in [0.15, 0.2) is 0 Å². The summed E-state index contributed by atoms with van der Waals surface area (Å²) in [6.07, 6.45) is 1.60. The molecule has 0 aliphatic heterocycles. The third kappa shape index (κ3) is 5.83. The van der Waals surface area contributed by atoms with Crippen molar-refractivity contribution in [1.82, 2.24) is 9.47 Å². The third-order valence-electron chi connectivity index (χ3n) is 7.17. The highest BCUT2D eigenvalue weighted by Gasteiger charge is 2.18. The number of benzene rings is 3. The molecule has 0 aliphatic rings. The summed E-state index contributed by atoms with van der Waals surface area (Å²) < 4.78 is 22.3. The number of pyridine rings is 1. The first kappa shape index (κ1) is 28.7. The second-order valence-corrected chi connectivity index (χ2v) is 9.85. The normalized spacial score (nSPS) is 11.1. The van der Waals surface area contributed by atoms with Crippen molar-refractivity contribution in [1.29, 1.82) is 0 Å². The molecule has 1 aromatic heterocycles. The summed E-state index contributed by atoms with van der Waals surface area (Å²) in [6, 6.07) is 18.0. The summed E-state index contributed by atoms with van der Waals surface area (Å²) in [5.74, 6) is -0.409. The maximum atomic E-state index is 15.3. The van der Waals surface area contributed by atoms with Crippen LogP contribution < -0.4 is 15.6 Å². The number of nitrogens with one attached hydrogen (secondary N) is 1. The zero-order valence-corrected chi connectivity index (χ0v) is 23.4. The zero-order valence-electron chi connectivity index (χ0n) is 23.4. The van der Waals surface area contributed by atoms with Gasteiger partial charge < -0.3 is 19.7 Å². The number of halogens is 1. The van der Waals surface area contributed by atoms with Gasteiger partial charge in [0.2, 0.25) is 0 Å². The highest BCUT2D eigenvalue weighted by atomic mass is 19.1. The number of aliphatic hydroxyl groups is 1. The molecule has 0 radical (unpaired) electrons. The maximum Gasteiger partial charge on any atom is 0.263 e. The number of likely N-dealkylation sites (N-methyl/N-ethyl adjacent to an activating group) is 1. The van der Waals surface area contributed by atoms with Crippen molar-refractivity contribution in [3.05, 3.63) is 105 Å². The largest absolute Gasteiger partial charge is 0.496 e. The number of carbonyl (C=O) groups is 1. The van der Waals surface area contributed by atoms with Crippen LogP contribution in [0.15, 0.2) is 71.7 Å². The number of carbonyl (C=O) groups excluding carboxylic acids is 1. The van der Waals surface area contributed by atoms with Crippen LogP contribution in [0, 0.1) is 19.7 Å². The number of ether oxygens (including phenoxy) is 1. The number of aryl methyl sites for hydroxylation is 1. The molecule has 1 heterocycles. The van der Waals surface area contributed by atoms with Gasteiger partial charge in [-0.2, -0.15) is 0 Å². The quantitative estimate of drug-likeness (QED) is 0.305. The minimum atomic E-state index is -0.473. The molecule has 0 fully saturated rings. The van der Waals surface area contributed by atoms with Crippen molar-refractivity contribution in [2.75, 3.05) is 32.6 Å². The highest BCUT2D eigenvalue weighted by Crippen LogP contribution is 2.38. The van der Waals surface area contributed by atoms with E-state index in [-0.39, 0.29) is 23.5 Å². The van der Waals surface area contributed by atoms with Gasteiger partial charge in [-0.25, -0.2) is 4.39 Å². The van der Waals surface area contributed by atoms with E-state index in [1.54, 1.807) is 25.4 Å². The van der Waals surface area contributed by atoms with E-state index in [0.29, 0.717) is 35.7 Å². The molecule has 2 N–H and O–H groups in total. The molecular weight excluding hydrogens is 509 g/mol. The van der Waals surface area contributed by atoms with E-state index in [0.717, 1.165) is 27.8 Å². The molecular formula is C32H34FN3O4. The lowest BCUT2D eigenvalue weighted by Crippen LogP contribution is -2.27. The average Bonchev–Trinajstić information content (AvgIpc) is 2.93. The minimum Gasteiger partial charge on any atom is -0.496 e. The molecule has 0 atom stereocenters. The smallest absolute Gasteiger partial charge is 0.263 e. The Bertz CT molecular complexity index is 1610. The number of hydrogen-bond acceptors (Lipinski definition) is 5. The maximum absolute atomic E-state index is 15.3. The molecule has 0 spiro atoms. The molecule has 3 aromatic carbocycles. The van der Waals surface area contributed by atoms with Crippen LogP contribution in [0.25, 0.3) is 22.3 Å². The molecule has 208 valence electrons. The SMILES string of the molecule is COc1cc(-c2cccc(-c3cccc(NC(=O)c4cccn(C)c4=O)c3C)c2C)cc(F)c1CN(C)CCO. The van der Waals surface area contributed by atoms with Crippen LogP contribution in [0.2, 0.25) is 0 Å². The standard InChI is InChI=1S/C32H34FN3O4/c1-20-23(22-17-28(33)27(30(18-22)40-5)19-35(3)15-16-37)9-6-10-24(20)25-11-7-13-29(21(25)2)34-31(38)26-12-8-14-36(4)32(26)39/h6-14,17-18,37H,15-16,19H2,1-5H3,(H,34,38). The lowest BCUT2D eigenvalue weighted by molar-refractivity contribution is 0.102. The monoisotopic (exact) mass is 543 g/mol. The van der Waals surface area contributed by atoms with Crippen LogP contribution in [0.1, 0.15) is 27.0 Å². The van der Waals surface area contributed by atoms with Crippen LogP contribution in [0.5, 0.6) is 5.75 Å². The molecule has 0 unspecified atom stereocenters. The van der Waals surface area contributed by atoms with Crippen LogP contribution in [0.3, 0.4) is 0 Å². The number of methoxy groups -OCH3 is 1. The molecule has 8 heteroatoms. The van der Waals surface area contributed by atoms with Gasteiger partial charge in [-0.3, -0.25) is 14.5 Å². The Hall–Kier alpha value is -4.27. The van der Waals surface area contributed by atoms with Gasteiger partial charge in [-0.15, -0.1) is 0 Å². The van der Waals surface area contributed by atoms with E-state index in [9.17, 15) is 14.7 Å². The summed E-state index contributed by atoms with van der Waals surface area (Å²) in [6.45, 7) is 4.62. The van der Waals surface area contributed by atoms with E-state index in [2.05, 4.69) is 5.32 Å². The van der Waals surface area contributed by atoms with E-state index < -0.39 is 5.91 Å². The van der Waals surface area contributed by atoms with Crippen molar-refractivity contribution in [2.24, 2.45) is 7.05 Å². The molecule has 0 saturated carbocycles. The molecule has 1 amide bonds. The third-order valence-corrected chi connectivity index (χ3v) is 7.17. The molecule has 7 nitrogen and oxygen atoms in total. The van der Waals surface area contributed by atoms with E-state index in [4.69, 9.17) is 4.74 Å². The predicted octanol–water partition coefficient (Wildman–Crippen LogP) is 5.16. The summed E-state index contributed by atoms with van der Waals surface area (Å²) in [5, 5.41) is 12.1. The van der Waals surface area contributed by atoms with Crippen molar-refractivity contribution in [3.63, 3.8) is 0 Å². The number of nitrogens with zero attached hydrogens (tertiary/aromatic N) is 2. The fourth-order valence-electron chi connectivity index (χ4n) is 4.88. The molecule has 0 aliphatic carbocycles. The first-order chi connectivity index (χ1) is 19.2. The number of aliphatic hydroxyl groups excluding tert-OH is 1. The van der Waals surface area contributed by atoms with Gasteiger partial charge in [0.1, 0.15) is 17.1 Å². The Morgan fingerprint density at radius 2 is 1.70 bits per heavy atom. The number of amides is 1. The topological polar surface area (TPSA) is 83.8 Å². The van der Waals surface area contributed by atoms with Crippen molar-refractivity contribution in [3.8, 4) is 28.0 Å². The summed E-state index contributed by atoms with van der Waals surface area (Å²) in [5.41, 5.74) is 5.90. The Morgan fingerprint density at radius 3 is 2.40 bits per heavy atom. The van der Waals surface area contributed by atoms with Gasteiger partial charge >= 0.3 is 0 Å². The van der Waals surface area contributed by atoms with E-state index >= 15 is 4.39 Å².